The van der Waals surface area contributed by atoms with Gasteiger partial charge >= 0.3 is 0 Å². The smallest absolute Gasteiger partial charge is 0.269 e. The Morgan fingerprint density at radius 3 is 2.84 bits per heavy atom. The second-order valence-corrected chi connectivity index (χ2v) is 4.06. The van der Waals surface area contributed by atoms with Gasteiger partial charge in [0.05, 0.1) is 23.8 Å². The van der Waals surface area contributed by atoms with E-state index in [4.69, 9.17) is 4.42 Å². The quantitative estimate of drug-likeness (QED) is 0.614. The summed E-state index contributed by atoms with van der Waals surface area (Å²) in [5.74, 6) is 0.632. The van der Waals surface area contributed by atoms with Gasteiger partial charge in [-0.15, -0.1) is 0 Å². The van der Waals surface area contributed by atoms with Crippen molar-refractivity contribution in [1.82, 2.24) is 5.32 Å². The minimum Gasteiger partial charge on any atom is -0.468 e. The summed E-state index contributed by atoms with van der Waals surface area (Å²) in [6.07, 6.45) is 1.53. The number of aliphatic hydroxyl groups is 1. The number of nitro groups is 1. The molecule has 0 fully saturated rings. The first-order valence-corrected chi connectivity index (χ1v) is 5.81. The Hall–Kier alpha value is -2.18. The summed E-state index contributed by atoms with van der Waals surface area (Å²) in [5, 5.41) is 23.0. The lowest BCUT2D eigenvalue weighted by atomic mass is 10.1. The number of nitrogens with one attached hydrogen (secondary N) is 1. The van der Waals surface area contributed by atoms with E-state index in [0.717, 1.165) is 5.56 Å². The Bertz CT molecular complexity index is 539. The lowest BCUT2D eigenvalue weighted by molar-refractivity contribution is -0.384. The Morgan fingerprint density at radius 1 is 1.37 bits per heavy atom. The molecular weight excluding hydrogens is 248 g/mol. The summed E-state index contributed by atoms with van der Waals surface area (Å²) >= 11 is 0. The highest BCUT2D eigenvalue weighted by Crippen LogP contribution is 2.16. The van der Waals surface area contributed by atoms with Gasteiger partial charge in [-0.05, 0) is 17.7 Å². The highest BCUT2D eigenvalue weighted by molar-refractivity contribution is 5.34. The SMILES string of the molecule is O=[N+]([O-])c1cccc(CNC(CO)c2ccco2)c1. The highest BCUT2D eigenvalue weighted by Gasteiger charge is 2.13. The zero-order chi connectivity index (χ0) is 13.7. The van der Waals surface area contributed by atoms with Crippen molar-refractivity contribution in [2.45, 2.75) is 12.6 Å². The summed E-state index contributed by atoms with van der Waals surface area (Å²) in [6.45, 7) is 0.302. The Kier molecular flexibility index (Phi) is 4.27. The van der Waals surface area contributed by atoms with E-state index < -0.39 is 4.92 Å². The number of nitrogens with zero attached hydrogens (tertiary/aromatic N) is 1. The topological polar surface area (TPSA) is 88.5 Å². The van der Waals surface area contributed by atoms with Gasteiger partial charge in [0.25, 0.3) is 5.69 Å². The summed E-state index contributed by atoms with van der Waals surface area (Å²) in [5.41, 5.74) is 0.831. The van der Waals surface area contributed by atoms with Gasteiger partial charge < -0.3 is 14.8 Å². The molecule has 0 bridgehead atoms. The highest BCUT2D eigenvalue weighted by atomic mass is 16.6. The first-order chi connectivity index (χ1) is 9.20. The van der Waals surface area contributed by atoms with Crippen LogP contribution < -0.4 is 5.32 Å². The van der Waals surface area contributed by atoms with Crippen molar-refractivity contribution in [3.05, 3.63) is 64.1 Å². The summed E-state index contributed by atoms with van der Waals surface area (Å²) in [7, 11) is 0. The fourth-order valence-electron chi connectivity index (χ4n) is 1.77. The van der Waals surface area contributed by atoms with Gasteiger partial charge in [0.2, 0.25) is 0 Å². The number of non-ortho nitro benzene ring substituents is 1. The van der Waals surface area contributed by atoms with E-state index in [1.54, 1.807) is 24.3 Å². The van der Waals surface area contributed by atoms with Crippen LogP contribution >= 0.6 is 0 Å². The molecule has 6 nitrogen and oxygen atoms in total. The van der Waals surface area contributed by atoms with Gasteiger partial charge in [-0.25, -0.2) is 0 Å². The first-order valence-electron chi connectivity index (χ1n) is 5.81. The minimum atomic E-state index is -0.431. The largest absolute Gasteiger partial charge is 0.468 e. The van der Waals surface area contributed by atoms with Crippen LogP contribution in [0.2, 0.25) is 0 Å². The molecule has 0 saturated heterocycles. The van der Waals surface area contributed by atoms with Crippen LogP contribution in [0.3, 0.4) is 0 Å². The van der Waals surface area contributed by atoms with E-state index in [9.17, 15) is 15.2 Å². The molecule has 0 amide bonds. The van der Waals surface area contributed by atoms with Crippen LogP contribution in [0, 0.1) is 10.1 Å². The van der Waals surface area contributed by atoms with Gasteiger partial charge in [-0.3, -0.25) is 10.1 Å². The summed E-state index contributed by atoms with van der Waals surface area (Å²) < 4.78 is 5.21. The zero-order valence-electron chi connectivity index (χ0n) is 10.2. The molecule has 2 rings (SSSR count). The molecule has 100 valence electrons. The van der Waals surface area contributed by atoms with Gasteiger partial charge in [0.1, 0.15) is 5.76 Å². The van der Waals surface area contributed by atoms with Crippen molar-refractivity contribution in [3.63, 3.8) is 0 Å². The zero-order valence-corrected chi connectivity index (χ0v) is 10.2. The number of furan rings is 1. The average Bonchev–Trinajstić information content (AvgIpc) is 2.94. The molecule has 0 aliphatic carbocycles. The Balaban J connectivity index is 2.01. The third-order valence-corrected chi connectivity index (χ3v) is 2.74. The van der Waals surface area contributed by atoms with Gasteiger partial charge in [0, 0.05) is 18.7 Å². The van der Waals surface area contributed by atoms with Crippen LogP contribution in [0.15, 0.2) is 47.1 Å². The molecule has 2 N–H and O–H groups in total. The molecule has 1 aromatic carbocycles. The van der Waals surface area contributed by atoms with Crippen LogP contribution in [-0.4, -0.2) is 16.6 Å². The van der Waals surface area contributed by atoms with Gasteiger partial charge in [0.15, 0.2) is 0 Å². The van der Waals surface area contributed by atoms with Crippen LogP contribution in [0.25, 0.3) is 0 Å². The number of rotatable bonds is 6. The summed E-state index contributed by atoms with van der Waals surface area (Å²) in [4.78, 5) is 10.2. The molecule has 6 heteroatoms. The fourth-order valence-corrected chi connectivity index (χ4v) is 1.77. The van der Waals surface area contributed by atoms with E-state index in [1.807, 2.05) is 0 Å². The van der Waals surface area contributed by atoms with Gasteiger partial charge in [-0.2, -0.15) is 0 Å². The van der Waals surface area contributed by atoms with Gasteiger partial charge in [-0.1, -0.05) is 12.1 Å². The Labute approximate surface area is 109 Å². The average molecular weight is 262 g/mol. The monoisotopic (exact) mass is 262 g/mol. The number of aliphatic hydroxyl groups excluding tert-OH is 1. The fraction of sp³-hybridized carbons (Fsp3) is 0.231. The lowest BCUT2D eigenvalue weighted by Crippen LogP contribution is -2.23. The van der Waals surface area contributed by atoms with E-state index >= 15 is 0 Å². The van der Waals surface area contributed by atoms with E-state index in [-0.39, 0.29) is 18.3 Å². The van der Waals surface area contributed by atoms with Crippen LogP contribution in [0.4, 0.5) is 5.69 Å². The summed E-state index contributed by atoms with van der Waals surface area (Å²) in [6, 6.07) is 9.55. The molecule has 1 unspecified atom stereocenters. The second kappa shape index (κ2) is 6.12. The molecule has 0 aliphatic heterocycles. The van der Waals surface area contributed by atoms with E-state index in [1.165, 1.54) is 18.4 Å². The first kappa shape index (κ1) is 13.3. The predicted molar refractivity (Wildman–Crippen MR) is 68.5 cm³/mol. The maximum Gasteiger partial charge on any atom is 0.269 e. The number of hydrogen-bond acceptors (Lipinski definition) is 5. The second-order valence-electron chi connectivity index (χ2n) is 4.06. The Morgan fingerprint density at radius 2 is 2.21 bits per heavy atom. The van der Waals surface area contributed by atoms with Crippen molar-refractivity contribution < 1.29 is 14.4 Å². The molecule has 1 atom stereocenters. The minimum absolute atomic E-state index is 0.0536. The molecule has 2 aromatic rings. The van der Waals surface area contributed by atoms with E-state index in [2.05, 4.69) is 5.32 Å². The molecule has 1 aromatic heterocycles. The maximum absolute atomic E-state index is 10.7. The number of hydrogen-bond donors (Lipinski definition) is 2. The van der Waals surface area contributed by atoms with Crippen LogP contribution in [-0.2, 0) is 6.54 Å². The molecule has 1 heterocycles. The molecular formula is C13H14N2O4. The molecule has 0 spiro atoms. The lowest BCUT2D eigenvalue weighted by Gasteiger charge is -2.13. The molecule has 0 saturated carbocycles. The third kappa shape index (κ3) is 3.40. The van der Waals surface area contributed by atoms with Crippen LogP contribution in [0.5, 0.6) is 0 Å². The maximum atomic E-state index is 10.7. The standard InChI is InChI=1S/C13H14N2O4/c16-9-12(13-5-2-6-19-13)14-8-10-3-1-4-11(7-10)15(17)18/h1-7,12,14,16H,8-9H2. The normalized spacial score (nSPS) is 12.3. The van der Waals surface area contributed by atoms with Crippen molar-refractivity contribution in [1.29, 1.82) is 0 Å². The molecule has 0 radical (unpaired) electrons. The predicted octanol–water partition coefficient (Wildman–Crippen LogP) is 2.01. The van der Waals surface area contributed by atoms with Crippen LogP contribution in [0.1, 0.15) is 17.4 Å². The van der Waals surface area contributed by atoms with Crippen molar-refractivity contribution in [2.75, 3.05) is 6.61 Å². The van der Waals surface area contributed by atoms with E-state index in [0.29, 0.717) is 12.3 Å². The van der Waals surface area contributed by atoms with Crippen molar-refractivity contribution >= 4 is 5.69 Å². The van der Waals surface area contributed by atoms with Crippen molar-refractivity contribution in [2.24, 2.45) is 0 Å². The number of nitro benzene ring substituents is 1. The number of benzene rings is 1. The van der Waals surface area contributed by atoms with Crippen molar-refractivity contribution in [3.8, 4) is 0 Å². The molecule has 19 heavy (non-hydrogen) atoms. The third-order valence-electron chi connectivity index (χ3n) is 2.74. The molecule has 0 aliphatic rings.